The molecule has 0 radical (unpaired) electrons. The average Bonchev–Trinajstić information content (AvgIpc) is 3.24. The van der Waals surface area contributed by atoms with E-state index in [2.05, 4.69) is 20.6 Å². The fourth-order valence-electron chi connectivity index (χ4n) is 2.65. The number of anilines is 1. The predicted octanol–water partition coefficient (Wildman–Crippen LogP) is 1.42. The largest absolute Gasteiger partial charge is 0.394 e. The number of hydrogen-bond acceptors (Lipinski definition) is 5. The molecule has 0 aliphatic carbocycles. The maximum atomic E-state index is 12.3. The molecule has 0 bridgehead atoms. The molecule has 144 valence electrons. The summed E-state index contributed by atoms with van der Waals surface area (Å²) in [5, 5.41) is 14.9. The topological polar surface area (TPSA) is 109 Å². The van der Waals surface area contributed by atoms with Gasteiger partial charge in [-0.15, -0.1) is 0 Å². The van der Waals surface area contributed by atoms with E-state index in [-0.39, 0.29) is 18.2 Å². The first-order valence-corrected chi connectivity index (χ1v) is 8.84. The first-order chi connectivity index (χ1) is 13.7. The Morgan fingerprint density at radius 1 is 1.14 bits per heavy atom. The van der Waals surface area contributed by atoms with Gasteiger partial charge in [-0.3, -0.25) is 9.59 Å². The van der Waals surface area contributed by atoms with Gasteiger partial charge in [-0.1, -0.05) is 30.3 Å². The molecule has 8 heteroatoms. The highest BCUT2D eigenvalue weighted by molar-refractivity contribution is 5.95. The van der Waals surface area contributed by atoms with Crippen LogP contribution in [0.1, 0.15) is 22.1 Å². The molecular weight excluding hydrogens is 358 g/mol. The van der Waals surface area contributed by atoms with E-state index in [4.69, 9.17) is 0 Å². The number of imidazole rings is 1. The molecule has 3 aromatic rings. The van der Waals surface area contributed by atoms with Crippen molar-refractivity contribution in [3.05, 3.63) is 78.6 Å². The first kappa shape index (κ1) is 19.2. The number of hydrogen-bond donors (Lipinski definition) is 3. The summed E-state index contributed by atoms with van der Waals surface area (Å²) in [6.07, 6.45) is 6.73. The number of pyridine rings is 1. The molecule has 8 nitrogen and oxygen atoms in total. The third-order valence-corrected chi connectivity index (χ3v) is 4.17. The van der Waals surface area contributed by atoms with E-state index in [9.17, 15) is 14.7 Å². The number of aliphatic hydroxyl groups is 1. The van der Waals surface area contributed by atoms with Crippen molar-refractivity contribution >= 4 is 17.5 Å². The molecule has 0 aliphatic heterocycles. The number of aromatic nitrogens is 3. The lowest BCUT2D eigenvalue weighted by Crippen LogP contribution is -2.28. The summed E-state index contributed by atoms with van der Waals surface area (Å²) < 4.78 is 1.51. The van der Waals surface area contributed by atoms with Crippen molar-refractivity contribution in [3.8, 4) is 0 Å². The minimum atomic E-state index is -0.788. The SMILES string of the molecule is O=C(NCCc1ccccc1)c1ccc(NC(=O)C(CO)n2ccnc2)cn1. The number of aliphatic hydroxyl groups excluding tert-OH is 1. The van der Waals surface area contributed by atoms with Crippen LogP contribution in [0, 0.1) is 0 Å². The number of benzene rings is 1. The lowest BCUT2D eigenvalue weighted by molar-refractivity contribution is -0.120. The van der Waals surface area contributed by atoms with Crippen LogP contribution in [-0.4, -0.2) is 44.6 Å². The van der Waals surface area contributed by atoms with E-state index in [1.165, 1.54) is 23.3 Å². The number of rotatable bonds is 8. The summed E-state index contributed by atoms with van der Waals surface area (Å²) >= 11 is 0. The van der Waals surface area contributed by atoms with Gasteiger partial charge >= 0.3 is 0 Å². The summed E-state index contributed by atoms with van der Waals surface area (Å²) in [4.78, 5) is 32.5. The standard InChI is InChI=1S/C20H21N5O3/c26-13-18(25-11-10-21-14-25)20(28)24-16-6-7-17(23-12-16)19(27)22-9-8-15-4-2-1-3-5-15/h1-7,10-12,14,18,26H,8-9,13H2,(H,22,27)(H,24,28). The van der Waals surface area contributed by atoms with Crippen LogP contribution in [0.15, 0.2) is 67.4 Å². The van der Waals surface area contributed by atoms with E-state index < -0.39 is 11.9 Å². The Bertz CT molecular complexity index is 895. The number of carbonyl (C=O) groups is 2. The molecule has 1 atom stereocenters. The zero-order chi connectivity index (χ0) is 19.8. The van der Waals surface area contributed by atoms with Crippen molar-refractivity contribution in [2.75, 3.05) is 18.5 Å². The van der Waals surface area contributed by atoms with Gasteiger partial charge < -0.3 is 20.3 Å². The van der Waals surface area contributed by atoms with Crippen molar-refractivity contribution in [3.63, 3.8) is 0 Å². The molecule has 3 rings (SSSR count). The van der Waals surface area contributed by atoms with Crippen LogP contribution in [0.4, 0.5) is 5.69 Å². The maximum Gasteiger partial charge on any atom is 0.269 e. The minimum Gasteiger partial charge on any atom is -0.394 e. The van der Waals surface area contributed by atoms with E-state index in [0.717, 1.165) is 12.0 Å². The normalized spacial score (nSPS) is 11.6. The summed E-state index contributed by atoms with van der Waals surface area (Å²) in [6.45, 7) is 0.142. The Morgan fingerprint density at radius 2 is 1.96 bits per heavy atom. The van der Waals surface area contributed by atoms with Gasteiger partial charge in [0.25, 0.3) is 5.91 Å². The van der Waals surface area contributed by atoms with Gasteiger partial charge in [0.1, 0.15) is 11.7 Å². The molecule has 3 N–H and O–H groups in total. The number of nitrogens with zero attached hydrogens (tertiary/aromatic N) is 3. The molecule has 2 aromatic heterocycles. The molecule has 2 heterocycles. The zero-order valence-electron chi connectivity index (χ0n) is 15.2. The highest BCUT2D eigenvalue weighted by atomic mass is 16.3. The van der Waals surface area contributed by atoms with Crippen molar-refractivity contribution in [1.29, 1.82) is 0 Å². The lowest BCUT2D eigenvalue weighted by atomic mass is 10.1. The summed E-state index contributed by atoms with van der Waals surface area (Å²) in [6, 6.07) is 12.2. The fourth-order valence-corrected chi connectivity index (χ4v) is 2.65. The van der Waals surface area contributed by atoms with Crippen molar-refractivity contribution in [2.24, 2.45) is 0 Å². The van der Waals surface area contributed by atoms with Gasteiger partial charge in [-0.2, -0.15) is 0 Å². The van der Waals surface area contributed by atoms with Gasteiger partial charge in [-0.05, 0) is 24.1 Å². The molecule has 0 aliphatic rings. The Labute approximate surface area is 162 Å². The number of carbonyl (C=O) groups excluding carboxylic acids is 2. The number of amides is 2. The molecule has 0 saturated heterocycles. The van der Waals surface area contributed by atoms with Crippen LogP contribution in [0.25, 0.3) is 0 Å². The van der Waals surface area contributed by atoms with E-state index in [1.54, 1.807) is 18.3 Å². The quantitative estimate of drug-likeness (QED) is 0.548. The molecule has 2 amide bonds. The second-order valence-electron chi connectivity index (χ2n) is 6.12. The highest BCUT2D eigenvalue weighted by Crippen LogP contribution is 2.12. The van der Waals surface area contributed by atoms with Gasteiger partial charge in [0, 0.05) is 18.9 Å². The summed E-state index contributed by atoms with van der Waals surface area (Å²) in [5.41, 5.74) is 1.84. The monoisotopic (exact) mass is 379 g/mol. The van der Waals surface area contributed by atoms with Crippen LogP contribution in [0.3, 0.4) is 0 Å². The Balaban J connectivity index is 1.52. The van der Waals surface area contributed by atoms with Gasteiger partial charge in [-0.25, -0.2) is 9.97 Å². The second-order valence-corrected chi connectivity index (χ2v) is 6.12. The third kappa shape index (κ3) is 5.01. The van der Waals surface area contributed by atoms with E-state index in [1.807, 2.05) is 30.3 Å². The molecule has 0 spiro atoms. The third-order valence-electron chi connectivity index (χ3n) is 4.17. The molecule has 1 aromatic carbocycles. The maximum absolute atomic E-state index is 12.3. The predicted molar refractivity (Wildman–Crippen MR) is 104 cm³/mol. The van der Waals surface area contributed by atoms with Crippen molar-refractivity contribution in [1.82, 2.24) is 19.9 Å². The Hall–Kier alpha value is -3.52. The second kappa shape index (κ2) is 9.43. The van der Waals surface area contributed by atoms with Crippen molar-refractivity contribution < 1.29 is 14.7 Å². The molecular formula is C20H21N5O3. The van der Waals surface area contributed by atoms with E-state index >= 15 is 0 Å². The minimum absolute atomic E-state index is 0.263. The first-order valence-electron chi connectivity index (χ1n) is 8.84. The molecule has 0 saturated carbocycles. The Kier molecular flexibility index (Phi) is 6.48. The van der Waals surface area contributed by atoms with Gasteiger partial charge in [0.05, 0.1) is 24.8 Å². The lowest BCUT2D eigenvalue weighted by Gasteiger charge is -2.15. The van der Waals surface area contributed by atoms with Crippen LogP contribution in [-0.2, 0) is 11.2 Å². The summed E-state index contributed by atoms with van der Waals surface area (Å²) in [5.74, 6) is -0.678. The highest BCUT2D eigenvalue weighted by Gasteiger charge is 2.19. The molecule has 1 unspecified atom stereocenters. The number of nitrogens with one attached hydrogen (secondary N) is 2. The zero-order valence-corrected chi connectivity index (χ0v) is 15.2. The van der Waals surface area contributed by atoms with Crippen LogP contribution in [0.2, 0.25) is 0 Å². The van der Waals surface area contributed by atoms with E-state index in [0.29, 0.717) is 12.2 Å². The van der Waals surface area contributed by atoms with Crippen LogP contribution in [0.5, 0.6) is 0 Å². The molecule has 28 heavy (non-hydrogen) atoms. The van der Waals surface area contributed by atoms with Gasteiger partial charge in [0.2, 0.25) is 5.91 Å². The fraction of sp³-hybridized carbons (Fsp3) is 0.200. The summed E-state index contributed by atoms with van der Waals surface area (Å²) in [7, 11) is 0. The molecule has 0 fully saturated rings. The van der Waals surface area contributed by atoms with Gasteiger partial charge in [0.15, 0.2) is 0 Å². The van der Waals surface area contributed by atoms with Crippen LogP contribution >= 0.6 is 0 Å². The van der Waals surface area contributed by atoms with Crippen LogP contribution < -0.4 is 10.6 Å². The van der Waals surface area contributed by atoms with Crippen molar-refractivity contribution in [2.45, 2.75) is 12.5 Å². The smallest absolute Gasteiger partial charge is 0.269 e. The average molecular weight is 379 g/mol. The Morgan fingerprint density at radius 3 is 2.61 bits per heavy atom.